The second kappa shape index (κ2) is 4.87. The standard InChI is InChI=1S/C12H13N3O3/c1-7-5-9(12(16)17)3-4-10(7)13-6-11-14-8(2)18-15-11/h3-5,13H,6H2,1-2H3,(H,16,17). The number of hydrogen-bond acceptors (Lipinski definition) is 5. The van der Waals surface area contributed by atoms with Crippen molar-refractivity contribution in [2.75, 3.05) is 5.32 Å². The molecule has 6 nitrogen and oxygen atoms in total. The third-order valence-corrected chi connectivity index (χ3v) is 2.48. The van der Waals surface area contributed by atoms with Gasteiger partial charge in [0.2, 0.25) is 5.89 Å². The molecule has 0 aliphatic rings. The van der Waals surface area contributed by atoms with Crippen LogP contribution in [0.15, 0.2) is 22.7 Å². The Kier molecular flexibility index (Phi) is 3.27. The van der Waals surface area contributed by atoms with E-state index < -0.39 is 5.97 Å². The van der Waals surface area contributed by atoms with Crippen LogP contribution in [-0.2, 0) is 6.54 Å². The van der Waals surface area contributed by atoms with Crippen LogP contribution in [0.25, 0.3) is 0 Å². The van der Waals surface area contributed by atoms with Crippen LogP contribution in [0.1, 0.15) is 27.6 Å². The lowest BCUT2D eigenvalue weighted by Gasteiger charge is -2.08. The number of nitrogens with zero attached hydrogens (tertiary/aromatic N) is 2. The zero-order chi connectivity index (χ0) is 13.1. The Balaban J connectivity index is 2.08. The molecule has 0 unspecified atom stereocenters. The van der Waals surface area contributed by atoms with Gasteiger partial charge < -0.3 is 14.9 Å². The lowest BCUT2D eigenvalue weighted by molar-refractivity contribution is 0.0697. The molecule has 18 heavy (non-hydrogen) atoms. The minimum absolute atomic E-state index is 0.272. The van der Waals surface area contributed by atoms with E-state index in [-0.39, 0.29) is 5.56 Å². The van der Waals surface area contributed by atoms with Crippen molar-refractivity contribution in [2.45, 2.75) is 20.4 Å². The van der Waals surface area contributed by atoms with E-state index in [4.69, 9.17) is 9.63 Å². The number of rotatable bonds is 4. The van der Waals surface area contributed by atoms with Crippen LogP contribution in [0.5, 0.6) is 0 Å². The largest absolute Gasteiger partial charge is 0.478 e. The predicted molar refractivity (Wildman–Crippen MR) is 64.5 cm³/mol. The predicted octanol–water partition coefficient (Wildman–Crippen LogP) is 2.00. The van der Waals surface area contributed by atoms with Crippen molar-refractivity contribution in [1.82, 2.24) is 10.1 Å². The smallest absolute Gasteiger partial charge is 0.335 e. The monoisotopic (exact) mass is 247 g/mol. The molecular formula is C12H13N3O3. The van der Waals surface area contributed by atoms with Gasteiger partial charge >= 0.3 is 5.97 Å². The molecule has 0 saturated carbocycles. The van der Waals surface area contributed by atoms with E-state index >= 15 is 0 Å². The van der Waals surface area contributed by atoms with Crippen LogP contribution in [0, 0.1) is 13.8 Å². The number of carbonyl (C=O) groups is 1. The minimum Gasteiger partial charge on any atom is -0.478 e. The summed E-state index contributed by atoms with van der Waals surface area (Å²) in [7, 11) is 0. The molecule has 0 saturated heterocycles. The highest BCUT2D eigenvalue weighted by atomic mass is 16.5. The fourth-order valence-corrected chi connectivity index (χ4v) is 1.58. The van der Waals surface area contributed by atoms with Gasteiger partial charge in [-0.1, -0.05) is 5.16 Å². The van der Waals surface area contributed by atoms with Crippen molar-refractivity contribution in [2.24, 2.45) is 0 Å². The number of benzene rings is 1. The van der Waals surface area contributed by atoms with Gasteiger partial charge in [0.1, 0.15) is 0 Å². The van der Waals surface area contributed by atoms with E-state index in [9.17, 15) is 4.79 Å². The molecule has 2 rings (SSSR count). The van der Waals surface area contributed by atoms with E-state index in [1.165, 1.54) is 0 Å². The van der Waals surface area contributed by atoms with Crippen LogP contribution < -0.4 is 5.32 Å². The molecule has 94 valence electrons. The molecule has 2 N–H and O–H groups in total. The summed E-state index contributed by atoms with van der Waals surface area (Å²) in [6.45, 7) is 4.00. The summed E-state index contributed by atoms with van der Waals surface area (Å²) in [5, 5.41) is 15.8. The molecule has 1 heterocycles. The van der Waals surface area contributed by atoms with Gasteiger partial charge in [0.15, 0.2) is 5.82 Å². The fourth-order valence-electron chi connectivity index (χ4n) is 1.58. The number of anilines is 1. The van der Waals surface area contributed by atoms with Crippen molar-refractivity contribution >= 4 is 11.7 Å². The second-order valence-corrected chi connectivity index (χ2v) is 3.92. The van der Waals surface area contributed by atoms with E-state index in [2.05, 4.69) is 15.5 Å². The molecule has 0 radical (unpaired) electrons. The van der Waals surface area contributed by atoms with Crippen LogP contribution in [-0.4, -0.2) is 21.2 Å². The number of nitrogens with one attached hydrogen (secondary N) is 1. The maximum Gasteiger partial charge on any atom is 0.335 e. The maximum atomic E-state index is 10.8. The zero-order valence-corrected chi connectivity index (χ0v) is 10.1. The van der Waals surface area contributed by atoms with Gasteiger partial charge in [-0.2, -0.15) is 4.98 Å². The summed E-state index contributed by atoms with van der Waals surface area (Å²) in [5.74, 6) is 0.150. The summed E-state index contributed by atoms with van der Waals surface area (Å²) in [6.07, 6.45) is 0. The van der Waals surface area contributed by atoms with Crippen molar-refractivity contribution in [3.63, 3.8) is 0 Å². The number of carboxylic acids is 1. The summed E-state index contributed by atoms with van der Waals surface area (Å²) in [4.78, 5) is 14.9. The van der Waals surface area contributed by atoms with Gasteiger partial charge in [-0.15, -0.1) is 0 Å². The van der Waals surface area contributed by atoms with Gasteiger partial charge in [-0.3, -0.25) is 0 Å². The van der Waals surface area contributed by atoms with Crippen molar-refractivity contribution in [3.8, 4) is 0 Å². The van der Waals surface area contributed by atoms with Gasteiger partial charge in [0.25, 0.3) is 0 Å². The topological polar surface area (TPSA) is 88.2 Å². The van der Waals surface area contributed by atoms with Gasteiger partial charge in [-0.25, -0.2) is 4.79 Å². The third-order valence-electron chi connectivity index (χ3n) is 2.48. The van der Waals surface area contributed by atoms with E-state index in [0.29, 0.717) is 18.3 Å². The van der Waals surface area contributed by atoms with E-state index in [0.717, 1.165) is 11.3 Å². The summed E-state index contributed by atoms with van der Waals surface area (Å²) < 4.78 is 4.85. The SMILES string of the molecule is Cc1nc(CNc2ccc(C(=O)O)cc2C)no1. The summed E-state index contributed by atoms with van der Waals surface area (Å²) >= 11 is 0. The first-order valence-electron chi connectivity index (χ1n) is 5.43. The highest BCUT2D eigenvalue weighted by Gasteiger charge is 2.07. The molecule has 0 fully saturated rings. The molecule has 2 aromatic rings. The Bertz CT molecular complexity index is 578. The normalized spacial score (nSPS) is 10.3. The Morgan fingerprint density at radius 2 is 2.22 bits per heavy atom. The van der Waals surface area contributed by atoms with Crippen LogP contribution in [0.4, 0.5) is 5.69 Å². The number of carboxylic acid groups (broad SMARTS) is 1. The molecule has 0 atom stereocenters. The summed E-state index contributed by atoms with van der Waals surface area (Å²) in [6, 6.07) is 4.90. The lowest BCUT2D eigenvalue weighted by Crippen LogP contribution is -2.04. The Morgan fingerprint density at radius 3 is 2.78 bits per heavy atom. The highest BCUT2D eigenvalue weighted by molar-refractivity contribution is 5.88. The van der Waals surface area contributed by atoms with E-state index in [1.807, 2.05) is 6.92 Å². The first-order valence-corrected chi connectivity index (χ1v) is 5.43. The van der Waals surface area contributed by atoms with Crippen LogP contribution in [0.2, 0.25) is 0 Å². The Hall–Kier alpha value is -2.37. The average molecular weight is 247 g/mol. The molecule has 1 aromatic carbocycles. The molecule has 0 aliphatic carbocycles. The minimum atomic E-state index is -0.932. The number of aromatic nitrogens is 2. The molecule has 0 spiro atoms. The van der Waals surface area contributed by atoms with Crippen LogP contribution in [0.3, 0.4) is 0 Å². The van der Waals surface area contributed by atoms with Gasteiger partial charge in [-0.05, 0) is 30.7 Å². The number of hydrogen-bond donors (Lipinski definition) is 2. The van der Waals surface area contributed by atoms with Gasteiger partial charge in [0.05, 0.1) is 12.1 Å². The second-order valence-electron chi connectivity index (χ2n) is 3.92. The molecule has 0 bridgehead atoms. The molecular weight excluding hydrogens is 234 g/mol. The average Bonchev–Trinajstić information content (AvgIpc) is 2.73. The van der Waals surface area contributed by atoms with Crippen LogP contribution >= 0.6 is 0 Å². The third kappa shape index (κ3) is 2.65. The molecule has 1 aromatic heterocycles. The Labute approximate surface area is 104 Å². The summed E-state index contributed by atoms with van der Waals surface area (Å²) in [5.41, 5.74) is 1.98. The van der Waals surface area contributed by atoms with Crippen molar-refractivity contribution in [3.05, 3.63) is 41.0 Å². The first kappa shape index (κ1) is 12.1. The Morgan fingerprint density at radius 1 is 1.44 bits per heavy atom. The van der Waals surface area contributed by atoms with Gasteiger partial charge in [0, 0.05) is 12.6 Å². The van der Waals surface area contributed by atoms with Crippen molar-refractivity contribution < 1.29 is 14.4 Å². The first-order chi connectivity index (χ1) is 8.56. The molecule has 0 amide bonds. The number of aromatic carboxylic acids is 1. The maximum absolute atomic E-state index is 10.8. The molecule has 6 heteroatoms. The highest BCUT2D eigenvalue weighted by Crippen LogP contribution is 2.17. The fraction of sp³-hybridized carbons (Fsp3) is 0.250. The number of aryl methyl sites for hydroxylation is 2. The quantitative estimate of drug-likeness (QED) is 0.859. The van der Waals surface area contributed by atoms with Crippen molar-refractivity contribution in [1.29, 1.82) is 0 Å². The molecule has 0 aliphatic heterocycles. The van der Waals surface area contributed by atoms with E-state index in [1.54, 1.807) is 25.1 Å². The lowest BCUT2D eigenvalue weighted by atomic mass is 10.1. The zero-order valence-electron chi connectivity index (χ0n) is 10.1.